The number of urea groups is 1. The lowest BCUT2D eigenvalue weighted by Crippen LogP contribution is -2.44. The largest absolute Gasteiger partial charge is 0.494 e. The number of anilines is 1. The number of para-hydroxylation sites is 2. The Labute approximate surface area is 169 Å². The highest BCUT2D eigenvalue weighted by molar-refractivity contribution is 6.20. The average molecular weight is 390 g/mol. The maximum Gasteiger partial charge on any atom is 0.352 e. The number of amides is 3. The molecule has 3 aromatic carbocycles. The summed E-state index contributed by atoms with van der Waals surface area (Å²) in [5, 5.41) is 0. The van der Waals surface area contributed by atoms with Crippen LogP contribution in [0.4, 0.5) is 10.5 Å². The Morgan fingerprint density at radius 3 is 2.00 bits per heavy atom. The van der Waals surface area contributed by atoms with Gasteiger partial charge in [0.05, 0.1) is 18.9 Å². The van der Waals surface area contributed by atoms with Crippen LogP contribution in [0, 0.1) is 0 Å². The third-order valence-electron chi connectivity index (χ3n) is 4.00. The van der Waals surface area contributed by atoms with Gasteiger partial charge in [0, 0.05) is 12.0 Å². The smallest absolute Gasteiger partial charge is 0.352 e. The zero-order chi connectivity index (χ0) is 20.3. The Balaban J connectivity index is 1.54. The molecule has 6 heteroatoms. The van der Waals surface area contributed by atoms with E-state index in [1.807, 2.05) is 42.5 Å². The fourth-order valence-electron chi connectivity index (χ4n) is 2.61. The summed E-state index contributed by atoms with van der Waals surface area (Å²) >= 11 is 0. The SMILES string of the molecule is O=C(NOCCCOc1ccccc1)N(C(=O)c1ccccc1)c1ccccc1. The van der Waals surface area contributed by atoms with E-state index in [2.05, 4.69) is 5.48 Å². The van der Waals surface area contributed by atoms with Crippen LogP contribution in [-0.2, 0) is 4.84 Å². The van der Waals surface area contributed by atoms with Crippen LogP contribution < -0.4 is 15.1 Å². The van der Waals surface area contributed by atoms with Crippen molar-refractivity contribution in [3.05, 3.63) is 96.6 Å². The summed E-state index contributed by atoms with van der Waals surface area (Å²) in [6.45, 7) is 0.700. The molecule has 0 aliphatic carbocycles. The summed E-state index contributed by atoms with van der Waals surface area (Å²) in [4.78, 5) is 31.8. The molecule has 0 saturated heterocycles. The van der Waals surface area contributed by atoms with Crippen molar-refractivity contribution in [3.8, 4) is 5.75 Å². The van der Waals surface area contributed by atoms with Crippen molar-refractivity contribution >= 4 is 17.6 Å². The van der Waals surface area contributed by atoms with E-state index in [1.165, 1.54) is 0 Å². The van der Waals surface area contributed by atoms with Crippen LogP contribution in [0.3, 0.4) is 0 Å². The number of carbonyl (C=O) groups is 2. The van der Waals surface area contributed by atoms with Gasteiger partial charge in [-0.3, -0.25) is 9.63 Å². The van der Waals surface area contributed by atoms with Crippen LogP contribution in [0.1, 0.15) is 16.8 Å². The second-order valence-corrected chi connectivity index (χ2v) is 6.11. The van der Waals surface area contributed by atoms with Gasteiger partial charge in [0.1, 0.15) is 5.75 Å². The number of benzene rings is 3. The number of hydroxylamine groups is 1. The number of nitrogens with one attached hydrogen (secondary N) is 1. The van der Waals surface area contributed by atoms with E-state index in [0.717, 1.165) is 10.6 Å². The van der Waals surface area contributed by atoms with Crippen molar-refractivity contribution in [2.45, 2.75) is 6.42 Å². The predicted molar refractivity (Wildman–Crippen MR) is 111 cm³/mol. The van der Waals surface area contributed by atoms with Gasteiger partial charge >= 0.3 is 6.03 Å². The first-order chi connectivity index (χ1) is 14.3. The first-order valence-electron chi connectivity index (χ1n) is 9.30. The zero-order valence-electron chi connectivity index (χ0n) is 15.9. The minimum Gasteiger partial charge on any atom is -0.494 e. The quantitative estimate of drug-likeness (QED) is 0.456. The van der Waals surface area contributed by atoms with Crippen molar-refractivity contribution in [2.24, 2.45) is 0 Å². The minimum atomic E-state index is -0.658. The Hall–Kier alpha value is -3.64. The van der Waals surface area contributed by atoms with E-state index in [-0.39, 0.29) is 6.61 Å². The molecule has 0 aromatic heterocycles. The summed E-state index contributed by atoms with van der Waals surface area (Å²) in [7, 11) is 0. The maximum absolute atomic E-state index is 12.9. The molecule has 0 heterocycles. The molecule has 29 heavy (non-hydrogen) atoms. The second-order valence-electron chi connectivity index (χ2n) is 6.11. The molecule has 0 unspecified atom stereocenters. The molecule has 0 atom stereocenters. The van der Waals surface area contributed by atoms with Gasteiger partial charge in [-0.05, 0) is 36.4 Å². The highest BCUT2D eigenvalue weighted by Crippen LogP contribution is 2.17. The molecule has 0 spiro atoms. The van der Waals surface area contributed by atoms with Gasteiger partial charge in [-0.25, -0.2) is 15.2 Å². The highest BCUT2D eigenvalue weighted by atomic mass is 16.7. The first-order valence-corrected chi connectivity index (χ1v) is 9.30. The minimum absolute atomic E-state index is 0.251. The molecule has 148 valence electrons. The number of rotatable bonds is 8. The second kappa shape index (κ2) is 10.6. The Morgan fingerprint density at radius 2 is 1.34 bits per heavy atom. The first kappa shape index (κ1) is 20.1. The summed E-state index contributed by atoms with van der Waals surface area (Å²) < 4.78 is 5.57. The fraction of sp³-hybridized carbons (Fsp3) is 0.130. The molecule has 0 aliphatic rings. The van der Waals surface area contributed by atoms with Crippen LogP contribution in [0.2, 0.25) is 0 Å². The van der Waals surface area contributed by atoms with E-state index in [1.54, 1.807) is 48.5 Å². The molecule has 6 nitrogen and oxygen atoms in total. The highest BCUT2D eigenvalue weighted by Gasteiger charge is 2.24. The molecule has 0 saturated carbocycles. The number of carbonyl (C=O) groups excluding carboxylic acids is 2. The Bertz CT molecular complexity index is 902. The van der Waals surface area contributed by atoms with Crippen molar-refractivity contribution < 1.29 is 19.2 Å². The topological polar surface area (TPSA) is 67.9 Å². The normalized spacial score (nSPS) is 10.2. The number of nitrogens with zero attached hydrogens (tertiary/aromatic N) is 1. The molecule has 0 fully saturated rings. The van der Waals surface area contributed by atoms with E-state index in [9.17, 15) is 9.59 Å². The van der Waals surface area contributed by atoms with Crippen molar-refractivity contribution in [1.82, 2.24) is 5.48 Å². The maximum atomic E-state index is 12.9. The standard InChI is InChI=1S/C23H22N2O4/c26-22(19-11-4-1-5-12-19)25(20-13-6-2-7-14-20)23(27)24-29-18-10-17-28-21-15-8-3-9-16-21/h1-9,11-16H,10,17-18H2,(H,24,27). The summed E-state index contributed by atoms with van der Waals surface area (Å²) in [5.41, 5.74) is 3.20. The van der Waals surface area contributed by atoms with Crippen molar-refractivity contribution in [2.75, 3.05) is 18.1 Å². The monoisotopic (exact) mass is 390 g/mol. The third-order valence-corrected chi connectivity index (χ3v) is 4.00. The van der Waals surface area contributed by atoms with Crippen LogP contribution in [0.15, 0.2) is 91.0 Å². The number of imide groups is 1. The lowest BCUT2D eigenvalue weighted by molar-refractivity contribution is 0.0548. The Kier molecular flexibility index (Phi) is 7.37. The van der Waals surface area contributed by atoms with Gasteiger partial charge in [-0.15, -0.1) is 0 Å². The summed E-state index contributed by atoms with van der Waals surface area (Å²) in [5.74, 6) is 0.338. The Morgan fingerprint density at radius 1 is 0.759 bits per heavy atom. The van der Waals surface area contributed by atoms with Gasteiger partial charge in [0.25, 0.3) is 5.91 Å². The molecular formula is C23H22N2O4. The van der Waals surface area contributed by atoms with Crippen molar-refractivity contribution in [1.29, 1.82) is 0 Å². The lowest BCUT2D eigenvalue weighted by atomic mass is 10.2. The molecular weight excluding hydrogens is 368 g/mol. The van der Waals surface area contributed by atoms with E-state index >= 15 is 0 Å². The van der Waals surface area contributed by atoms with Crippen LogP contribution >= 0.6 is 0 Å². The van der Waals surface area contributed by atoms with Crippen molar-refractivity contribution in [3.63, 3.8) is 0 Å². The van der Waals surface area contributed by atoms with E-state index < -0.39 is 11.9 Å². The van der Waals surface area contributed by atoms with Crippen LogP contribution in [-0.4, -0.2) is 25.2 Å². The predicted octanol–water partition coefficient (Wildman–Crippen LogP) is 4.44. The van der Waals surface area contributed by atoms with Gasteiger partial charge in [-0.1, -0.05) is 54.6 Å². The van der Waals surface area contributed by atoms with Crippen LogP contribution in [0.25, 0.3) is 0 Å². The lowest BCUT2D eigenvalue weighted by Gasteiger charge is -2.21. The number of hydrogen-bond acceptors (Lipinski definition) is 4. The van der Waals surface area contributed by atoms with E-state index in [0.29, 0.717) is 24.3 Å². The molecule has 3 aromatic rings. The third kappa shape index (κ3) is 5.92. The van der Waals surface area contributed by atoms with Gasteiger partial charge in [0.15, 0.2) is 0 Å². The molecule has 3 rings (SSSR count). The molecule has 0 bridgehead atoms. The summed E-state index contributed by atoms with van der Waals surface area (Å²) in [6, 6.07) is 26.1. The number of hydrogen-bond donors (Lipinski definition) is 1. The molecule has 1 N–H and O–H groups in total. The van der Waals surface area contributed by atoms with Gasteiger partial charge in [-0.2, -0.15) is 0 Å². The van der Waals surface area contributed by atoms with Gasteiger partial charge in [0.2, 0.25) is 0 Å². The average Bonchev–Trinajstić information content (AvgIpc) is 2.78. The van der Waals surface area contributed by atoms with Crippen LogP contribution in [0.5, 0.6) is 5.75 Å². The zero-order valence-corrected chi connectivity index (χ0v) is 15.9. The molecule has 3 amide bonds. The van der Waals surface area contributed by atoms with Gasteiger partial charge < -0.3 is 4.74 Å². The number of ether oxygens (including phenoxy) is 1. The molecule has 0 radical (unpaired) electrons. The fourth-order valence-corrected chi connectivity index (χ4v) is 2.61. The van der Waals surface area contributed by atoms with E-state index in [4.69, 9.17) is 9.57 Å². The molecule has 0 aliphatic heterocycles. The summed E-state index contributed by atoms with van der Waals surface area (Å²) in [6.07, 6.45) is 0.577.